The molecule has 0 spiro atoms. The predicted octanol–water partition coefficient (Wildman–Crippen LogP) is 1.34. The van der Waals surface area contributed by atoms with E-state index >= 15 is 0 Å². The summed E-state index contributed by atoms with van der Waals surface area (Å²) in [6.45, 7) is 10.4. The fourth-order valence-electron chi connectivity index (χ4n) is 1.81. The summed E-state index contributed by atoms with van der Waals surface area (Å²) in [4.78, 5) is 0. The molecule has 0 aromatic carbocycles. The third kappa shape index (κ3) is 2.00. The molecule has 2 heterocycles. The molecule has 17 heavy (non-hydrogen) atoms. The second-order valence-corrected chi connectivity index (χ2v) is 5.30. The van der Waals surface area contributed by atoms with Crippen molar-refractivity contribution in [3.63, 3.8) is 0 Å². The number of aryl methyl sites for hydroxylation is 1. The predicted molar refractivity (Wildman–Crippen MR) is 63.6 cm³/mol. The molecule has 2 rings (SSSR count). The Balaban J connectivity index is 2.31. The van der Waals surface area contributed by atoms with Crippen LogP contribution in [-0.4, -0.2) is 28.1 Å². The Morgan fingerprint density at radius 1 is 1.29 bits per heavy atom. The summed E-state index contributed by atoms with van der Waals surface area (Å²) >= 11 is 0. The normalized spacial score (nSPS) is 22.1. The van der Waals surface area contributed by atoms with Crippen LogP contribution in [0.1, 0.15) is 34.6 Å². The highest BCUT2D eigenvalue weighted by Gasteiger charge is 2.52. The van der Waals surface area contributed by atoms with Gasteiger partial charge in [-0.05, 0) is 34.6 Å². The van der Waals surface area contributed by atoms with Gasteiger partial charge in [0.2, 0.25) is 5.95 Å². The van der Waals surface area contributed by atoms with Crippen LogP contribution in [0.5, 0.6) is 0 Å². The SMILES string of the molecule is CCn1nc(F)cc1B1OC(C)(C)C(C)(C)O1. The van der Waals surface area contributed by atoms with Crippen molar-refractivity contribution in [3.05, 3.63) is 12.0 Å². The first-order valence-electron chi connectivity index (χ1n) is 5.86. The van der Waals surface area contributed by atoms with Gasteiger partial charge in [-0.1, -0.05) is 0 Å². The Labute approximate surface area is 101 Å². The summed E-state index contributed by atoms with van der Waals surface area (Å²) in [6.07, 6.45) is 0. The average molecular weight is 240 g/mol. The van der Waals surface area contributed by atoms with Crippen LogP contribution in [-0.2, 0) is 15.9 Å². The van der Waals surface area contributed by atoms with E-state index in [0.717, 1.165) is 0 Å². The van der Waals surface area contributed by atoms with Gasteiger partial charge >= 0.3 is 7.12 Å². The highest BCUT2D eigenvalue weighted by atomic mass is 19.1. The van der Waals surface area contributed by atoms with Gasteiger partial charge in [0, 0.05) is 12.6 Å². The van der Waals surface area contributed by atoms with E-state index in [0.29, 0.717) is 12.1 Å². The molecule has 1 aliphatic heterocycles. The molecule has 6 heteroatoms. The molecular formula is C11H18BFN2O2. The minimum atomic E-state index is -0.558. The molecular weight excluding hydrogens is 222 g/mol. The molecule has 0 unspecified atom stereocenters. The van der Waals surface area contributed by atoms with Crippen LogP contribution in [0.2, 0.25) is 0 Å². The summed E-state index contributed by atoms with van der Waals surface area (Å²) in [6, 6.07) is 1.37. The first kappa shape index (κ1) is 12.6. The molecule has 1 aliphatic rings. The van der Waals surface area contributed by atoms with Gasteiger partial charge in [0.05, 0.1) is 16.8 Å². The molecule has 0 amide bonds. The van der Waals surface area contributed by atoms with E-state index in [1.54, 1.807) is 4.68 Å². The van der Waals surface area contributed by atoms with Gasteiger partial charge in [-0.25, -0.2) is 0 Å². The summed E-state index contributed by atoms with van der Waals surface area (Å²) in [5.41, 5.74) is -0.211. The lowest BCUT2D eigenvalue weighted by Crippen LogP contribution is -2.41. The van der Waals surface area contributed by atoms with Crippen molar-refractivity contribution in [3.8, 4) is 0 Å². The number of halogens is 1. The number of rotatable bonds is 2. The lowest BCUT2D eigenvalue weighted by Gasteiger charge is -2.32. The van der Waals surface area contributed by atoms with Gasteiger partial charge in [0.25, 0.3) is 0 Å². The number of nitrogens with zero attached hydrogens (tertiary/aromatic N) is 2. The fraction of sp³-hybridized carbons (Fsp3) is 0.727. The molecule has 1 aromatic rings. The van der Waals surface area contributed by atoms with E-state index in [1.165, 1.54) is 6.07 Å². The van der Waals surface area contributed by atoms with Gasteiger partial charge in [-0.2, -0.15) is 4.39 Å². The molecule has 0 aliphatic carbocycles. The minimum absolute atomic E-state index is 0.420. The molecule has 1 aromatic heterocycles. The Bertz CT molecular complexity index is 415. The molecule has 0 N–H and O–H groups in total. The Morgan fingerprint density at radius 2 is 1.82 bits per heavy atom. The van der Waals surface area contributed by atoms with E-state index in [9.17, 15) is 4.39 Å². The van der Waals surface area contributed by atoms with Gasteiger partial charge < -0.3 is 9.31 Å². The van der Waals surface area contributed by atoms with Crippen molar-refractivity contribution >= 4 is 12.7 Å². The first-order chi connectivity index (χ1) is 7.77. The highest BCUT2D eigenvalue weighted by Crippen LogP contribution is 2.36. The second kappa shape index (κ2) is 3.81. The molecule has 0 radical (unpaired) electrons. The standard InChI is InChI=1S/C11H18BFN2O2/c1-6-15-8(7-9(13)14-15)12-16-10(2,3)11(4,5)17-12/h7H,6H2,1-5H3. The third-order valence-corrected chi connectivity index (χ3v) is 3.58. The van der Waals surface area contributed by atoms with E-state index in [-0.39, 0.29) is 0 Å². The molecule has 0 saturated carbocycles. The van der Waals surface area contributed by atoms with Crippen LogP contribution >= 0.6 is 0 Å². The number of hydrogen-bond acceptors (Lipinski definition) is 3. The van der Waals surface area contributed by atoms with Gasteiger partial charge in [-0.15, -0.1) is 5.10 Å². The summed E-state index contributed by atoms with van der Waals surface area (Å²) < 4.78 is 26.4. The Kier molecular flexibility index (Phi) is 2.82. The van der Waals surface area contributed by atoms with Crippen LogP contribution in [0.15, 0.2) is 6.07 Å². The topological polar surface area (TPSA) is 36.3 Å². The molecule has 0 bridgehead atoms. The molecule has 94 valence electrons. The largest absolute Gasteiger partial charge is 0.514 e. The number of aromatic nitrogens is 2. The van der Waals surface area contributed by atoms with Crippen LogP contribution in [0.25, 0.3) is 0 Å². The molecule has 0 atom stereocenters. The van der Waals surface area contributed by atoms with Crippen LogP contribution < -0.4 is 5.59 Å². The van der Waals surface area contributed by atoms with E-state index in [4.69, 9.17) is 9.31 Å². The van der Waals surface area contributed by atoms with Gasteiger partial charge in [0.1, 0.15) is 0 Å². The maximum absolute atomic E-state index is 13.2. The fourth-order valence-corrected chi connectivity index (χ4v) is 1.81. The van der Waals surface area contributed by atoms with Crippen LogP contribution in [0.4, 0.5) is 4.39 Å². The quantitative estimate of drug-likeness (QED) is 0.732. The van der Waals surface area contributed by atoms with Crippen LogP contribution in [0, 0.1) is 5.95 Å². The lowest BCUT2D eigenvalue weighted by atomic mass is 9.84. The van der Waals surface area contributed by atoms with Crippen molar-refractivity contribution in [1.29, 1.82) is 0 Å². The second-order valence-electron chi connectivity index (χ2n) is 5.30. The summed E-state index contributed by atoms with van der Waals surface area (Å²) in [7, 11) is -0.558. The first-order valence-corrected chi connectivity index (χ1v) is 5.86. The zero-order chi connectivity index (χ0) is 12.8. The minimum Gasteiger partial charge on any atom is -0.398 e. The lowest BCUT2D eigenvalue weighted by molar-refractivity contribution is 0.00578. The van der Waals surface area contributed by atoms with Crippen molar-refractivity contribution in [1.82, 2.24) is 9.78 Å². The van der Waals surface area contributed by atoms with Gasteiger partial charge in [0.15, 0.2) is 0 Å². The Hall–Kier alpha value is -0.875. The van der Waals surface area contributed by atoms with E-state index < -0.39 is 24.3 Å². The zero-order valence-corrected chi connectivity index (χ0v) is 11.0. The van der Waals surface area contributed by atoms with Gasteiger partial charge in [-0.3, -0.25) is 4.68 Å². The Morgan fingerprint density at radius 3 is 2.29 bits per heavy atom. The van der Waals surface area contributed by atoms with Crippen molar-refractivity contribution in [2.24, 2.45) is 0 Å². The summed E-state index contributed by atoms with van der Waals surface area (Å²) in [5, 5.41) is 3.76. The number of hydrogen-bond donors (Lipinski definition) is 0. The maximum Gasteiger partial charge on any atom is 0.514 e. The average Bonchev–Trinajstić information content (AvgIpc) is 2.65. The smallest absolute Gasteiger partial charge is 0.398 e. The summed E-state index contributed by atoms with van der Waals surface area (Å²) in [5.74, 6) is -0.503. The highest BCUT2D eigenvalue weighted by molar-refractivity contribution is 6.61. The maximum atomic E-state index is 13.2. The zero-order valence-electron chi connectivity index (χ0n) is 11.0. The van der Waals surface area contributed by atoms with E-state index in [2.05, 4.69) is 5.10 Å². The molecule has 1 saturated heterocycles. The molecule has 1 fully saturated rings. The van der Waals surface area contributed by atoms with Crippen molar-refractivity contribution in [2.75, 3.05) is 0 Å². The third-order valence-electron chi connectivity index (χ3n) is 3.58. The van der Waals surface area contributed by atoms with Crippen molar-refractivity contribution in [2.45, 2.75) is 52.4 Å². The monoisotopic (exact) mass is 240 g/mol. The van der Waals surface area contributed by atoms with E-state index in [1.807, 2.05) is 34.6 Å². The van der Waals surface area contributed by atoms with Crippen LogP contribution in [0.3, 0.4) is 0 Å². The van der Waals surface area contributed by atoms with Crippen molar-refractivity contribution < 1.29 is 13.7 Å². The molecule has 4 nitrogen and oxygen atoms in total.